The molecule has 0 spiro atoms. The van der Waals surface area contributed by atoms with Gasteiger partial charge in [0.05, 0.1) is 12.3 Å². The summed E-state index contributed by atoms with van der Waals surface area (Å²) in [5.41, 5.74) is 1.16. The Bertz CT molecular complexity index is 330. The van der Waals surface area contributed by atoms with Gasteiger partial charge in [-0.15, -0.1) is 0 Å². The minimum Gasteiger partial charge on any atom is -0.469 e. The van der Waals surface area contributed by atoms with Gasteiger partial charge >= 0.3 is 0 Å². The predicted octanol–water partition coefficient (Wildman–Crippen LogP) is 2.18. The van der Waals surface area contributed by atoms with E-state index >= 15 is 0 Å². The predicted molar refractivity (Wildman–Crippen MR) is 52.8 cm³/mol. The molecule has 0 bridgehead atoms. The van der Waals surface area contributed by atoms with Crippen LogP contribution in [0.1, 0.15) is 43.6 Å². The van der Waals surface area contributed by atoms with Crippen LogP contribution in [0.15, 0.2) is 16.7 Å². The molecule has 1 amide bonds. The highest BCUT2D eigenvalue weighted by atomic mass is 16.3. The molecule has 0 fully saturated rings. The van der Waals surface area contributed by atoms with E-state index in [0.717, 1.165) is 30.6 Å². The number of carbonyl (C=O) groups is 1. The summed E-state index contributed by atoms with van der Waals surface area (Å²) in [5.74, 6) is 1.15. The first-order chi connectivity index (χ1) is 6.81. The maximum Gasteiger partial charge on any atom is 0.220 e. The van der Waals surface area contributed by atoms with Gasteiger partial charge in [-0.25, -0.2) is 0 Å². The molecular weight excluding hydrogens is 178 g/mol. The molecule has 1 aliphatic carbocycles. The van der Waals surface area contributed by atoms with E-state index < -0.39 is 0 Å². The van der Waals surface area contributed by atoms with Crippen LogP contribution in [-0.2, 0) is 11.2 Å². The molecule has 1 aliphatic rings. The summed E-state index contributed by atoms with van der Waals surface area (Å²) >= 11 is 0. The average molecular weight is 193 g/mol. The van der Waals surface area contributed by atoms with Crippen molar-refractivity contribution in [3.8, 4) is 0 Å². The van der Waals surface area contributed by atoms with Gasteiger partial charge < -0.3 is 9.73 Å². The summed E-state index contributed by atoms with van der Waals surface area (Å²) < 4.78 is 5.35. The maximum atomic E-state index is 11.3. The van der Waals surface area contributed by atoms with E-state index in [1.807, 2.05) is 13.0 Å². The summed E-state index contributed by atoms with van der Waals surface area (Å²) in [6, 6.07) is 2.14. The molecule has 0 aromatic carbocycles. The van der Waals surface area contributed by atoms with Crippen molar-refractivity contribution in [2.75, 3.05) is 0 Å². The Morgan fingerprint density at radius 2 is 2.57 bits per heavy atom. The third kappa shape index (κ3) is 1.67. The van der Waals surface area contributed by atoms with Gasteiger partial charge in [-0.2, -0.15) is 0 Å². The van der Waals surface area contributed by atoms with Gasteiger partial charge in [-0.1, -0.05) is 6.92 Å². The fourth-order valence-electron chi connectivity index (χ4n) is 1.93. The Labute approximate surface area is 83.5 Å². The van der Waals surface area contributed by atoms with E-state index in [9.17, 15) is 4.79 Å². The molecule has 1 N–H and O–H groups in total. The molecule has 2 rings (SSSR count). The Morgan fingerprint density at radius 1 is 1.71 bits per heavy atom. The van der Waals surface area contributed by atoms with Crippen LogP contribution >= 0.6 is 0 Å². The lowest BCUT2D eigenvalue weighted by Gasteiger charge is -2.22. The van der Waals surface area contributed by atoms with Crippen molar-refractivity contribution in [2.24, 2.45) is 0 Å². The minimum atomic E-state index is 0.115. The van der Waals surface area contributed by atoms with Gasteiger partial charge in [-0.3, -0.25) is 4.79 Å². The van der Waals surface area contributed by atoms with Crippen LogP contribution < -0.4 is 5.32 Å². The van der Waals surface area contributed by atoms with Crippen LogP contribution in [0.4, 0.5) is 0 Å². The van der Waals surface area contributed by atoms with Crippen molar-refractivity contribution < 1.29 is 9.21 Å². The molecule has 1 aromatic heterocycles. The molecule has 0 radical (unpaired) electrons. The summed E-state index contributed by atoms with van der Waals surface area (Å²) in [5, 5.41) is 3.01. The molecule has 76 valence electrons. The van der Waals surface area contributed by atoms with Crippen LogP contribution in [0.3, 0.4) is 0 Å². The minimum absolute atomic E-state index is 0.115. The first-order valence-corrected chi connectivity index (χ1v) is 5.17. The average Bonchev–Trinajstić information content (AvgIpc) is 2.66. The topological polar surface area (TPSA) is 42.2 Å². The lowest BCUT2D eigenvalue weighted by Crippen LogP contribution is -2.29. The standard InChI is InChI=1S/C11H15NO2/c1-2-11(13)12-9-4-3-5-10-8(9)6-7-14-10/h6-7,9H,2-5H2,1H3,(H,12,13). The molecule has 3 heteroatoms. The van der Waals surface area contributed by atoms with E-state index in [0.29, 0.717) is 6.42 Å². The van der Waals surface area contributed by atoms with Gasteiger partial charge in [0.1, 0.15) is 5.76 Å². The summed E-state index contributed by atoms with van der Waals surface area (Å²) in [4.78, 5) is 11.3. The number of nitrogens with one attached hydrogen (secondary N) is 1. The normalized spacial score (nSPS) is 20.2. The van der Waals surface area contributed by atoms with Crippen molar-refractivity contribution >= 4 is 5.91 Å². The number of rotatable bonds is 2. The lowest BCUT2D eigenvalue weighted by atomic mass is 9.93. The molecule has 14 heavy (non-hydrogen) atoms. The number of carbonyl (C=O) groups excluding carboxylic acids is 1. The third-order valence-corrected chi connectivity index (χ3v) is 2.71. The van der Waals surface area contributed by atoms with Gasteiger partial charge in [0.15, 0.2) is 0 Å². The largest absolute Gasteiger partial charge is 0.469 e. The Morgan fingerprint density at radius 3 is 3.36 bits per heavy atom. The first-order valence-electron chi connectivity index (χ1n) is 5.17. The fourth-order valence-corrected chi connectivity index (χ4v) is 1.93. The number of fused-ring (bicyclic) bond motifs is 1. The second-order valence-corrected chi connectivity index (χ2v) is 3.67. The van der Waals surface area contributed by atoms with Crippen LogP contribution in [0.5, 0.6) is 0 Å². The number of hydrogen-bond acceptors (Lipinski definition) is 2. The van der Waals surface area contributed by atoms with E-state index in [1.165, 1.54) is 0 Å². The van der Waals surface area contributed by atoms with E-state index in [-0.39, 0.29) is 11.9 Å². The van der Waals surface area contributed by atoms with Crippen molar-refractivity contribution in [2.45, 2.75) is 38.6 Å². The molecule has 3 nitrogen and oxygen atoms in total. The lowest BCUT2D eigenvalue weighted by molar-refractivity contribution is -0.121. The third-order valence-electron chi connectivity index (χ3n) is 2.71. The first kappa shape index (κ1) is 9.31. The summed E-state index contributed by atoms with van der Waals surface area (Å²) in [6.07, 6.45) is 5.37. The van der Waals surface area contributed by atoms with E-state index in [4.69, 9.17) is 4.42 Å². The zero-order valence-corrected chi connectivity index (χ0v) is 8.38. The van der Waals surface area contributed by atoms with Crippen LogP contribution in [0.25, 0.3) is 0 Å². The van der Waals surface area contributed by atoms with Crippen LogP contribution in [0.2, 0.25) is 0 Å². The molecule has 0 saturated heterocycles. The van der Waals surface area contributed by atoms with E-state index in [1.54, 1.807) is 6.26 Å². The number of amides is 1. The van der Waals surface area contributed by atoms with E-state index in [2.05, 4.69) is 5.32 Å². The molecule has 1 heterocycles. The summed E-state index contributed by atoms with van der Waals surface area (Å²) in [6.45, 7) is 1.87. The van der Waals surface area contributed by atoms with Gasteiger partial charge in [0.2, 0.25) is 5.91 Å². The number of hydrogen-bond donors (Lipinski definition) is 1. The van der Waals surface area contributed by atoms with Gasteiger partial charge in [0, 0.05) is 18.4 Å². The van der Waals surface area contributed by atoms with Crippen molar-refractivity contribution in [1.82, 2.24) is 5.32 Å². The Kier molecular flexibility index (Phi) is 2.57. The fraction of sp³-hybridized carbons (Fsp3) is 0.545. The van der Waals surface area contributed by atoms with Crippen molar-refractivity contribution in [1.29, 1.82) is 0 Å². The smallest absolute Gasteiger partial charge is 0.220 e. The molecule has 0 aliphatic heterocycles. The highest BCUT2D eigenvalue weighted by molar-refractivity contribution is 5.76. The number of aryl methyl sites for hydroxylation is 1. The molecule has 0 saturated carbocycles. The molecule has 1 unspecified atom stereocenters. The van der Waals surface area contributed by atoms with Crippen molar-refractivity contribution in [3.05, 3.63) is 23.7 Å². The monoisotopic (exact) mass is 193 g/mol. The molecule has 1 aromatic rings. The van der Waals surface area contributed by atoms with Crippen LogP contribution in [0, 0.1) is 0 Å². The molecule has 1 atom stereocenters. The highest BCUT2D eigenvalue weighted by Crippen LogP contribution is 2.30. The van der Waals surface area contributed by atoms with Gasteiger partial charge in [-0.05, 0) is 18.9 Å². The Balaban J connectivity index is 2.12. The highest BCUT2D eigenvalue weighted by Gasteiger charge is 2.23. The van der Waals surface area contributed by atoms with Gasteiger partial charge in [0.25, 0.3) is 0 Å². The SMILES string of the molecule is CCC(=O)NC1CCCc2occc21. The quantitative estimate of drug-likeness (QED) is 0.782. The molecular formula is C11H15NO2. The number of furan rings is 1. The maximum absolute atomic E-state index is 11.3. The van der Waals surface area contributed by atoms with Crippen molar-refractivity contribution in [3.63, 3.8) is 0 Å². The Hall–Kier alpha value is -1.25. The summed E-state index contributed by atoms with van der Waals surface area (Å²) in [7, 11) is 0. The second kappa shape index (κ2) is 3.86. The van der Waals surface area contributed by atoms with Crippen LogP contribution in [-0.4, -0.2) is 5.91 Å². The zero-order chi connectivity index (χ0) is 9.97. The second-order valence-electron chi connectivity index (χ2n) is 3.67. The zero-order valence-electron chi connectivity index (χ0n) is 8.38.